The predicted octanol–water partition coefficient (Wildman–Crippen LogP) is 6.01. The Morgan fingerprint density at radius 1 is 0.912 bits per heavy atom. The molecule has 2 aromatic carbocycles. The molecular weight excluding hydrogens is 462 g/mol. The first-order valence-corrected chi connectivity index (χ1v) is 12.8. The number of benzene rings is 2. The normalized spacial score (nSPS) is 15.3. The topological polar surface area (TPSA) is 63.9 Å². The lowest BCUT2D eigenvalue weighted by atomic mass is 10.1. The van der Waals surface area contributed by atoms with Crippen molar-refractivity contribution in [3.05, 3.63) is 88.9 Å². The van der Waals surface area contributed by atoms with E-state index in [4.69, 9.17) is 4.98 Å². The standard InChI is InChI=1S/C26H21N5OS2/c1-17-23-28-29-24(21-16-34-25(27-21)19-6-3-2-4-7-19)31(23)14-13-30(17)26(32)20-11-9-18(10-12-20)22-8-5-15-33-22/h2-12,15-17H,13-14H2,1H3. The number of rotatable bonds is 4. The number of carbonyl (C=O) groups excluding carboxylic acids is 1. The van der Waals surface area contributed by atoms with Crippen LogP contribution in [0.2, 0.25) is 0 Å². The minimum Gasteiger partial charge on any atom is -0.327 e. The zero-order valence-corrected chi connectivity index (χ0v) is 20.1. The molecule has 0 aliphatic carbocycles. The number of nitrogens with zero attached hydrogens (tertiary/aromatic N) is 5. The molecule has 34 heavy (non-hydrogen) atoms. The highest BCUT2D eigenvalue weighted by Crippen LogP contribution is 2.32. The highest BCUT2D eigenvalue weighted by Gasteiger charge is 2.32. The molecule has 1 atom stereocenters. The van der Waals surface area contributed by atoms with Crippen molar-refractivity contribution >= 4 is 28.6 Å². The molecule has 0 bridgehead atoms. The van der Waals surface area contributed by atoms with Crippen molar-refractivity contribution in [3.63, 3.8) is 0 Å². The summed E-state index contributed by atoms with van der Waals surface area (Å²) in [5.41, 5.74) is 3.72. The van der Waals surface area contributed by atoms with Crippen LogP contribution in [0.3, 0.4) is 0 Å². The molecule has 0 N–H and O–H groups in total. The van der Waals surface area contributed by atoms with Crippen LogP contribution in [0.4, 0.5) is 0 Å². The van der Waals surface area contributed by atoms with E-state index >= 15 is 0 Å². The van der Waals surface area contributed by atoms with E-state index in [1.807, 2.05) is 65.7 Å². The van der Waals surface area contributed by atoms with Gasteiger partial charge in [-0.3, -0.25) is 4.79 Å². The third kappa shape index (κ3) is 3.65. The molecular formula is C26H21N5OS2. The van der Waals surface area contributed by atoms with Crippen LogP contribution < -0.4 is 0 Å². The van der Waals surface area contributed by atoms with Crippen molar-refractivity contribution in [3.8, 4) is 32.5 Å². The minimum absolute atomic E-state index is 0.0149. The number of carbonyl (C=O) groups is 1. The van der Waals surface area contributed by atoms with Gasteiger partial charge in [0.05, 0.1) is 6.04 Å². The van der Waals surface area contributed by atoms with Gasteiger partial charge in [-0.25, -0.2) is 4.98 Å². The maximum atomic E-state index is 13.3. The summed E-state index contributed by atoms with van der Waals surface area (Å²) >= 11 is 3.29. The molecule has 5 aromatic rings. The number of aromatic nitrogens is 4. The predicted molar refractivity (Wildman–Crippen MR) is 136 cm³/mol. The number of amides is 1. The van der Waals surface area contributed by atoms with Gasteiger partial charge in [0.25, 0.3) is 5.91 Å². The molecule has 8 heteroatoms. The lowest BCUT2D eigenvalue weighted by Gasteiger charge is -2.33. The lowest BCUT2D eigenvalue weighted by Crippen LogP contribution is -2.41. The van der Waals surface area contributed by atoms with Crippen LogP contribution >= 0.6 is 22.7 Å². The van der Waals surface area contributed by atoms with Crippen LogP contribution in [0.1, 0.15) is 29.1 Å². The number of fused-ring (bicyclic) bond motifs is 1. The van der Waals surface area contributed by atoms with Gasteiger partial charge < -0.3 is 9.47 Å². The second-order valence-corrected chi connectivity index (χ2v) is 9.97. The summed E-state index contributed by atoms with van der Waals surface area (Å²) in [7, 11) is 0. The quantitative estimate of drug-likeness (QED) is 0.314. The first kappa shape index (κ1) is 20.9. The smallest absolute Gasteiger partial charge is 0.254 e. The first-order valence-electron chi connectivity index (χ1n) is 11.1. The van der Waals surface area contributed by atoms with E-state index in [1.165, 1.54) is 4.88 Å². The van der Waals surface area contributed by atoms with Gasteiger partial charge in [0.15, 0.2) is 11.6 Å². The third-order valence-electron chi connectivity index (χ3n) is 6.14. The van der Waals surface area contributed by atoms with E-state index in [2.05, 4.69) is 38.3 Å². The molecule has 6 rings (SSSR count). The van der Waals surface area contributed by atoms with Gasteiger partial charge in [0.1, 0.15) is 10.7 Å². The molecule has 0 saturated carbocycles. The van der Waals surface area contributed by atoms with E-state index in [0.29, 0.717) is 18.7 Å². The summed E-state index contributed by atoms with van der Waals surface area (Å²) in [5.74, 6) is 1.56. The summed E-state index contributed by atoms with van der Waals surface area (Å²) in [6, 6.07) is 21.9. The Bertz CT molecular complexity index is 1440. The second-order valence-electron chi connectivity index (χ2n) is 8.17. The van der Waals surface area contributed by atoms with Crippen molar-refractivity contribution in [2.45, 2.75) is 19.5 Å². The number of thiazole rings is 1. The van der Waals surface area contributed by atoms with Crippen LogP contribution in [0.15, 0.2) is 77.5 Å². The summed E-state index contributed by atoms with van der Waals surface area (Å²) in [6.45, 7) is 3.25. The fourth-order valence-electron chi connectivity index (χ4n) is 4.33. The van der Waals surface area contributed by atoms with E-state index in [1.54, 1.807) is 22.7 Å². The molecule has 3 aromatic heterocycles. The molecule has 0 spiro atoms. The van der Waals surface area contributed by atoms with Crippen LogP contribution in [-0.2, 0) is 6.54 Å². The fourth-order valence-corrected chi connectivity index (χ4v) is 5.87. The maximum absolute atomic E-state index is 13.3. The summed E-state index contributed by atoms with van der Waals surface area (Å²) in [5, 5.41) is 13.9. The van der Waals surface area contributed by atoms with Crippen molar-refractivity contribution < 1.29 is 4.79 Å². The molecule has 4 heterocycles. The highest BCUT2D eigenvalue weighted by molar-refractivity contribution is 7.13. The van der Waals surface area contributed by atoms with Gasteiger partial charge >= 0.3 is 0 Å². The van der Waals surface area contributed by atoms with E-state index in [9.17, 15) is 4.79 Å². The molecule has 1 amide bonds. The van der Waals surface area contributed by atoms with Crippen molar-refractivity contribution in [1.82, 2.24) is 24.6 Å². The Labute approximate surface area is 205 Å². The summed E-state index contributed by atoms with van der Waals surface area (Å²) in [4.78, 5) is 21.2. The Morgan fingerprint density at radius 2 is 1.74 bits per heavy atom. The van der Waals surface area contributed by atoms with Crippen molar-refractivity contribution in [2.75, 3.05) is 6.54 Å². The SMILES string of the molecule is CC1c2nnc(-c3csc(-c4ccccc4)n3)n2CCN1C(=O)c1ccc(-c2cccs2)cc1. The van der Waals surface area contributed by atoms with Crippen LogP contribution in [0.5, 0.6) is 0 Å². The highest BCUT2D eigenvalue weighted by atomic mass is 32.1. The molecule has 1 unspecified atom stereocenters. The number of hydrogen-bond donors (Lipinski definition) is 0. The molecule has 0 saturated heterocycles. The van der Waals surface area contributed by atoms with Crippen molar-refractivity contribution in [1.29, 1.82) is 0 Å². The van der Waals surface area contributed by atoms with Gasteiger partial charge in [-0.05, 0) is 36.1 Å². The zero-order chi connectivity index (χ0) is 23.1. The van der Waals surface area contributed by atoms with Crippen LogP contribution in [-0.4, -0.2) is 37.1 Å². The lowest BCUT2D eigenvalue weighted by molar-refractivity contribution is 0.0638. The fraction of sp³-hybridized carbons (Fsp3) is 0.154. The second kappa shape index (κ2) is 8.62. The Hall–Kier alpha value is -3.62. The third-order valence-corrected chi connectivity index (χ3v) is 7.95. The van der Waals surface area contributed by atoms with Crippen LogP contribution in [0, 0.1) is 0 Å². The van der Waals surface area contributed by atoms with E-state index in [-0.39, 0.29) is 11.9 Å². The molecule has 0 fully saturated rings. The van der Waals surface area contributed by atoms with Gasteiger partial charge in [-0.1, -0.05) is 48.5 Å². The molecule has 168 valence electrons. The van der Waals surface area contributed by atoms with Gasteiger partial charge in [0.2, 0.25) is 0 Å². The van der Waals surface area contributed by atoms with Gasteiger partial charge in [0, 0.05) is 34.5 Å². The maximum Gasteiger partial charge on any atom is 0.254 e. The molecule has 1 aliphatic rings. The average molecular weight is 484 g/mol. The van der Waals surface area contributed by atoms with E-state index in [0.717, 1.165) is 33.5 Å². The average Bonchev–Trinajstić information content (AvgIpc) is 3.65. The van der Waals surface area contributed by atoms with Gasteiger partial charge in [-0.2, -0.15) is 0 Å². The summed E-state index contributed by atoms with van der Waals surface area (Å²) in [6.07, 6.45) is 0. The van der Waals surface area contributed by atoms with E-state index < -0.39 is 0 Å². The largest absolute Gasteiger partial charge is 0.327 e. The number of thiophene rings is 1. The Morgan fingerprint density at radius 3 is 2.50 bits per heavy atom. The Balaban J connectivity index is 1.24. The zero-order valence-electron chi connectivity index (χ0n) is 18.5. The minimum atomic E-state index is -0.174. The Kier molecular flexibility index (Phi) is 5.31. The molecule has 1 aliphatic heterocycles. The molecule has 6 nitrogen and oxygen atoms in total. The first-order chi connectivity index (χ1) is 16.7. The van der Waals surface area contributed by atoms with Gasteiger partial charge in [-0.15, -0.1) is 32.9 Å². The molecule has 0 radical (unpaired) electrons. The van der Waals surface area contributed by atoms with Crippen molar-refractivity contribution in [2.24, 2.45) is 0 Å². The monoisotopic (exact) mass is 483 g/mol. The summed E-state index contributed by atoms with van der Waals surface area (Å²) < 4.78 is 2.10. The van der Waals surface area contributed by atoms with Crippen LogP contribution in [0.25, 0.3) is 32.5 Å². The number of hydrogen-bond acceptors (Lipinski definition) is 6.